The molecule has 0 saturated carbocycles. The van der Waals surface area contributed by atoms with Crippen molar-refractivity contribution in [2.75, 3.05) is 19.6 Å². The first-order valence-corrected chi connectivity index (χ1v) is 7.55. The van der Waals surface area contributed by atoms with Gasteiger partial charge in [-0.3, -0.25) is 4.79 Å². The second-order valence-corrected chi connectivity index (χ2v) is 5.81. The minimum absolute atomic E-state index is 0.113. The van der Waals surface area contributed by atoms with Gasteiger partial charge in [0, 0.05) is 12.6 Å². The van der Waals surface area contributed by atoms with Crippen molar-refractivity contribution < 1.29 is 4.79 Å². The maximum atomic E-state index is 11.9. The lowest BCUT2D eigenvalue weighted by molar-refractivity contribution is 0.0938. The summed E-state index contributed by atoms with van der Waals surface area (Å²) < 4.78 is 1.86. The van der Waals surface area contributed by atoms with Gasteiger partial charge in [0.1, 0.15) is 0 Å². The Bertz CT molecular complexity index is 441. The lowest BCUT2D eigenvalue weighted by Crippen LogP contribution is -2.37. The van der Waals surface area contributed by atoms with E-state index in [1.807, 2.05) is 18.5 Å². The molecule has 1 aliphatic rings. The van der Waals surface area contributed by atoms with Crippen LogP contribution >= 0.6 is 0 Å². The molecule has 1 aromatic heterocycles. The zero-order chi connectivity index (χ0) is 14.5. The smallest absolute Gasteiger partial charge is 0.273 e. The molecular formula is C14H25N5O. The summed E-state index contributed by atoms with van der Waals surface area (Å²) >= 11 is 0. The number of nitrogens with one attached hydrogen (secondary N) is 1. The van der Waals surface area contributed by atoms with Crippen molar-refractivity contribution in [1.29, 1.82) is 0 Å². The van der Waals surface area contributed by atoms with E-state index in [0.29, 0.717) is 11.7 Å². The quantitative estimate of drug-likeness (QED) is 0.886. The van der Waals surface area contributed by atoms with E-state index >= 15 is 0 Å². The summed E-state index contributed by atoms with van der Waals surface area (Å²) in [5.41, 5.74) is 0.409. The molecule has 20 heavy (non-hydrogen) atoms. The molecule has 2 rings (SSSR count). The third-order valence-corrected chi connectivity index (χ3v) is 3.56. The van der Waals surface area contributed by atoms with Gasteiger partial charge in [-0.1, -0.05) is 12.1 Å². The number of piperidine rings is 1. The first-order chi connectivity index (χ1) is 9.60. The van der Waals surface area contributed by atoms with E-state index in [0.717, 1.165) is 19.5 Å². The summed E-state index contributed by atoms with van der Waals surface area (Å²) in [6.45, 7) is 9.37. The molecule has 0 aromatic carbocycles. The number of hydrogen-bond donors (Lipinski definition) is 1. The Hall–Kier alpha value is -1.43. The highest BCUT2D eigenvalue weighted by Gasteiger charge is 2.22. The molecule has 0 unspecified atom stereocenters. The van der Waals surface area contributed by atoms with Crippen LogP contribution in [0.3, 0.4) is 0 Å². The molecule has 1 fully saturated rings. The summed E-state index contributed by atoms with van der Waals surface area (Å²) in [4.78, 5) is 14.3. The number of carbonyl (C=O) groups excluding carboxylic acids is 1. The molecule has 2 heterocycles. The summed E-state index contributed by atoms with van der Waals surface area (Å²) in [6.07, 6.45) is 5.23. The lowest BCUT2D eigenvalue weighted by Gasteiger charge is -2.32. The normalized spacial score (nSPS) is 20.3. The zero-order valence-electron chi connectivity index (χ0n) is 12.7. The van der Waals surface area contributed by atoms with Crippen LogP contribution in [0, 0.1) is 0 Å². The maximum absolute atomic E-state index is 11.9. The van der Waals surface area contributed by atoms with Gasteiger partial charge in [0.05, 0.1) is 12.2 Å². The Morgan fingerprint density at radius 3 is 3.05 bits per heavy atom. The molecule has 1 aliphatic heterocycles. The molecule has 6 nitrogen and oxygen atoms in total. The van der Waals surface area contributed by atoms with Gasteiger partial charge >= 0.3 is 0 Å². The molecule has 0 radical (unpaired) electrons. The highest BCUT2D eigenvalue weighted by atomic mass is 16.2. The molecule has 6 heteroatoms. The SMILES string of the molecule is CCCN1CCC[C@@H](n2cc(C(=O)NC(C)C)nn2)C1. The largest absolute Gasteiger partial charge is 0.348 e. The lowest BCUT2D eigenvalue weighted by atomic mass is 10.1. The van der Waals surface area contributed by atoms with E-state index in [1.165, 1.54) is 19.4 Å². The van der Waals surface area contributed by atoms with Crippen LogP contribution in [0.1, 0.15) is 56.6 Å². The number of hydrogen-bond acceptors (Lipinski definition) is 4. The van der Waals surface area contributed by atoms with Crippen LogP contribution in [0.5, 0.6) is 0 Å². The van der Waals surface area contributed by atoms with Gasteiger partial charge in [-0.05, 0) is 46.2 Å². The van der Waals surface area contributed by atoms with Crippen molar-refractivity contribution in [2.45, 2.75) is 52.1 Å². The minimum atomic E-state index is -0.146. The molecule has 1 atom stereocenters. The molecule has 1 amide bonds. The molecule has 0 spiro atoms. The van der Waals surface area contributed by atoms with Crippen LogP contribution in [0.15, 0.2) is 6.20 Å². The van der Waals surface area contributed by atoms with Crippen molar-refractivity contribution in [3.8, 4) is 0 Å². The fourth-order valence-electron chi connectivity index (χ4n) is 2.66. The van der Waals surface area contributed by atoms with Crippen molar-refractivity contribution in [3.05, 3.63) is 11.9 Å². The van der Waals surface area contributed by atoms with Crippen LogP contribution in [-0.4, -0.2) is 51.5 Å². The first-order valence-electron chi connectivity index (χ1n) is 7.55. The van der Waals surface area contributed by atoms with E-state index in [9.17, 15) is 4.79 Å². The Morgan fingerprint density at radius 2 is 2.35 bits per heavy atom. The second-order valence-electron chi connectivity index (χ2n) is 5.81. The highest BCUT2D eigenvalue weighted by Crippen LogP contribution is 2.20. The molecule has 0 aliphatic carbocycles. The fraction of sp³-hybridized carbons (Fsp3) is 0.786. The summed E-state index contributed by atoms with van der Waals surface area (Å²) in [5.74, 6) is -0.146. The van der Waals surface area contributed by atoms with Crippen molar-refractivity contribution in [3.63, 3.8) is 0 Å². The topological polar surface area (TPSA) is 63.1 Å². The van der Waals surface area contributed by atoms with Gasteiger partial charge in [0.2, 0.25) is 0 Å². The van der Waals surface area contributed by atoms with Crippen LogP contribution in [0.4, 0.5) is 0 Å². The van der Waals surface area contributed by atoms with Gasteiger partial charge in [-0.25, -0.2) is 4.68 Å². The summed E-state index contributed by atoms with van der Waals surface area (Å²) in [6, 6.07) is 0.450. The molecule has 1 saturated heterocycles. The van der Waals surface area contributed by atoms with Gasteiger partial charge in [0.25, 0.3) is 5.91 Å². The Kier molecular flexibility index (Phi) is 5.11. The predicted octanol–water partition coefficient (Wildman–Crippen LogP) is 1.46. The van der Waals surface area contributed by atoms with E-state index < -0.39 is 0 Å². The molecular weight excluding hydrogens is 254 g/mol. The van der Waals surface area contributed by atoms with Crippen LogP contribution in [-0.2, 0) is 0 Å². The van der Waals surface area contributed by atoms with E-state index in [2.05, 4.69) is 27.5 Å². The number of carbonyl (C=O) groups is 1. The third-order valence-electron chi connectivity index (χ3n) is 3.56. The van der Waals surface area contributed by atoms with E-state index in [-0.39, 0.29) is 11.9 Å². The first kappa shape index (κ1) is 15.0. The number of likely N-dealkylation sites (tertiary alicyclic amines) is 1. The summed E-state index contributed by atoms with van der Waals surface area (Å²) in [7, 11) is 0. The van der Waals surface area contributed by atoms with E-state index in [1.54, 1.807) is 6.20 Å². The number of nitrogens with zero attached hydrogens (tertiary/aromatic N) is 4. The summed E-state index contributed by atoms with van der Waals surface area (Å²) in [5, 5.41) is 11.0. The van der Waals surface area contributed by atoms with Gasteiger partial charge in [0.15, 0.2) is 5.69 Å². The van der Waals surface area contributed by atoms with Crippen molar-refractivity contribution in [1.82, 2.24) is 25.2 Å². The van der Waals surface area contributed by atoms with Gasteiger partial charge in [-0.2, -0.15) is 0 Å². The number of aromatic nitrogens is 3. The monoisotopic (exact) mass is 279 g/mol. The Labute approximate surface area is 120 Å². The van der Waals surface area contributed by atoms with Crippen LogP contribution < -0.4 is 5.32 Å². The highest BCUT2D eigenvalue weighted by molar-refractivity contribution is 5.91. The minimum Gasteiger partial charge on any atom is -0.348 e. The van der Waals surface area contributed by atoms with E-state index in [4.69, 9.17) is 0 Å². The molecule has 1 aromatic rings. The van der Waals surface area contributed by atoms with Crippen molar-refractivity contribution in [2.24, 2.45) is 0 Å². The van der Waals surface area contributed by atoms with Crippen molar-refractivity contribution >= 4 is 5.91 Å². The molecule has 112 valence electrons. The fourth-order valence-corrected chi connectivity index (χ4v) is 2.66. The number of rotatable bonds is 5. The van der Waals surface area contributed by atoms with Crippen LogP contribution in [0.25, 0.3) is 0 Å². The average molecular weight is 279 g/mol. The standard InChI is InChI=1S/C14H25N5O/c1-4-7-18-8-5-6-12(9-18)19-10-13(16-17-19)14(20)15-11(2)3/h10-12H,4-9H2,1-3H3,(H,15,20)/t12-/m1/s1. The third kappa shape index (κ3) is 3.79. The van der Waals surface area contributed by atoms with Gasteiger partial charge < -0.3 is 10.2 Å². The zero-order valence-corrected chi connectivity index (χ0v) is 12.7. The Morgan fingerprint density at radius 1 is 1.55 bits per heavy atom. The number of amides is 1. The average Bonchev–Trinajstić information content (AvgIpc) is 2.88. The molecule has 1 N–H and O–H groups in total. The maximum Gasteiger partial charge on any atom is 0.273 e. The second kappa shape index (κ2) is 6.83. The van der Waals surface area contributed by atoms with Crippen LogP contribution in [0.2, 0.25) is 0 Å². The molecule has 0 bridgehead atoms. The Balaban J connectivity index is 1.99. The predicted molar refractivity (Wildman–Crippen MR) is 77.6 cm³/mol. The van der Waals surface area contributed by atoms with Gasteiger partial charge in [-0.15, -0.1) is 5.10 Å².